The van der Waals surface area contributed by atoms with Crippen LogP contribution < -0.4 is 25.8 Å². The van der Waals surface area contributed by atoms with Crippen LogP contribution in [-0.4, -0.2) is 195 Å². The predicted molar refractivity (Wildman–Crippen MR) is 381 cm³/mol. The van der Waals surface area contributed by atoms with Gasteiger partial charge in [-0.3, -0.25) is 38.4 Å². The van der Waals surface area contributed by atoms with Crippen LogP contribution >= 0.6 is 0 Å². The Morgan fingerprint density at radius 1 is 0.417 bits per heavy atom. The first-order valence-electron chi connectivity index (χ1n) is 32.8. The lowest BCUT2D eigenvalue weighted by Crippen LogP contribution is -2.47. The number of carboxylic acids is 1. The number of methoxy groups -OCH3 is 3. The van der Waals surface area contributed by atoms with Crippen molar-refractivity contribution in [3.63, 3.8) is 0 Å². The van der Waals surface area contributed by atoms with Crippen LogP contribution in [-0.2, 0) is 66.4 Å². The highest BCUT2D eigenvalue weighted by atomic mass is 32.2. The van der Waals surface area contributed by atoms with E-state index in [0.29, 0.717) is 58.7 Å². The maximum absolute atomic E-state index is 13.7. The van der Waals surface area contributed by atoms with Gasteiger partial charge in [-0.1, -0.05) is 152 Å². The highest BCUT2D eigenvalue weighted by Crippen LogP contribution is 2.34. The molecule has 0 spiro atoms. The number of nitrogens with zero attached hydrogens (tertiary/aromatic N) is 6. The van der Waals surface area contributed by atoms with Gasteiger partial charge in [0.25, 0.3) is 17.7 Å². The number of hydrogen-bond acceptors (Lipinski definition) is 19. The highest BCUT2D eigenvalue weighted by molar-refractivity contribution is 7.91. The zero-order valence-corrected chi connectivity index (χ0v) is 59.1. The van der Waals surface area contributed by atoms with Crippen molar-refractivity contribution in [3.05, 3.63) is 263 Å². The number of sulfone groups is 2. The number of ketones is 2. The topological polar surface area (TPSA) is 333 Å². The maximum atomic E-state index is 13.7. The molecule has 103 heavy (non-hydrogen) atoms. The molecule has 3 atom stereocenters. The molecule has 0 saturated carbocycles. The minimum Gasteiger partial charge on any atom is -0.503 e. The number of amides is 3. The molecular weight excluding hydrogens is 1370 g/mol. The minimum atomic E-state index is -3.70. The van der Waals surface area contributed by atoms with Crippen LogP contribution in [0.15, 0.2) is 185 Å². The van der Waals surface area contributed by atoms with Crippen molar-refractivity contribution in [2.45, 2.75) is 50.6 Å². The van der Waals surface area contributed by atoms with E-state index in [4.69, 9.17) is 23.7 Å². The largest absolute Gasteiger partial charge is 0.503 e. The van der Waals surface area contributed by atoms with Crippen molar-refractivity contribution < 1.29 is 79.5 Å². The number of hydrogen-bond donors (Lipinski definition) is 2. The number of carbonyl (C=O) groups is 6. The summed E-state index contributed by atoms with van der Waals surface area (Å²) in [5.41, 5.74) is 0.549. The summed E-state index contributed by atoms with van der Waals surface area (Å²) in [6, 6.07) is 46.1. The van der Waals surface area contributed by atoms with E-state index >= 15 is 0 Å². The molecule has 11 rings (SSSR count). The zero-order valence-electron chi connectivity index (χ0n) is 57.5. The van der Waals surface area contributed by atoms with Gasteiger partial charge in [0.15, 0.2) is 65.6 Å². The Bertz CT molecular complexity index is 4810. The molecular formula is C75H80N6O20S2. The maximum Gasteiger partial charge on any atom is 0.341 e. The van der Waals surface area contributed by atoms with E-state index in [1.54, 1.807) is 33.2 Å². The molecule has 3 aliphatic rings. The number of pyridine rings is 3. The normalized spacial score (nSPS) is 15.5. The molecule has 0 aliphatic carbocycles. The van der Waals surface area contributed by atoms with Crippen molar-refractivity contribution in [2.24, 2.45) is 0 Å². The lowest BCUT2D eigenvalue weighted by Gasteiger charge is -2.37. The predicted octanol–water partition coefficient (Wildman–Crippen LogP) is 6.22. The Kier molecular flexibility index (Phi) is 25.9. The monoisotopic (exact) mass is 1450 g/mol. The van der Waals surface area contributed by atoms with Crippen LogP contribution in [0.2, 0.25) is 0 Å². The minimum absolute atomic E-state index is 0.0124. The molecule has 542 valence electrons. The molecule has 0 bridgehead atoms. The van der Waals surface area contributed by atoms with Gasteiger partial charge < -0.3 is 62.3 Å². The van der Waals surface area contributed by atoms with Crippen molar-refractivity contribution in [2.75, 3.05) is 104 Å². The summed E-state index contributed by atoms with van der Waals surface area (Å²) in [6.07, 6.45) is 7.13. The smallest absolute Gasteiger partial charge is 0.341 e. The van der Waals surface area contributed by atoms with E-state index in [-0.39, 0.29) is 85.2 Å². The van der Waals surface area contributed by atoms with Crippen molar-refractivity contribution in [3.8, 4) is 17.2 Å². The van der Waals surface area contributed by atoms with E-state index in [0.717, 1.165) is 40.3 Å². The third-order valence-electron chi connectivity index (χ3n) is 17.2. The Balaban J connectivity index is 0.000000180. The molecule has 3 amide bonds. The highest BCUT2D eigenvalue weighted by Gasteiger charge is 2.40. The van der Waals surface area contributed by atoms with Gasteiger partial charge in [0, 0.05) is 91.7 Å². The molecule has 0 unspecified atom stereocenters. The quantitative estimate of drug-likeness (QED) is 0.0514. The average molecular weight is 1450 g/mol. The summed E-state index contributed by atoms with van der Waals surface area (Å²) in [4.78, 5) is 121. The molecule has 26 nitrogen and oxygen atoms in total. The number of Topliss-reactive ketones (excluding diaryl/α,β-unsaturated/α-hetero) is 2. The molecule has 8 aromatic rings. The first-order chi connectivity index (χ1) is 49.3. The average Bonchev–Trinajstić information content (AvgIpc) is 0.762. The summed E-state index contributed by atoms with van der Waals surface area (Å²) in [6.45, 7) is 2.78. The van der Waals surface area contributed by atoms with Crippen molar-refractivity contribution in [1.82, 2.24) is 28.4 Å². The fourth-order valence-electron chi connectivity index (χ4n) is 12.3. The Morgan fingerprint density at radius 3 is 1.01 bits per heavy atom. The van der Waals surface area contributed by atoms with Gasteiger partial charge in [0.1, 0.15) is 30.3 Å². The molecule has 0 saturated heterocycles. The standard InChI is InChI=1S/C28H30N2O7S.C26H26N2O6.C21H24N2O7S/c1-36-14-13-29-16-22(15-20-9-5-3-6-10-20)30-17-23(24(31)19-38(2,34)35)26(32)27(25(30)28(29)33)37-18-21-11-7-4-8-12-21;1-33-13-12-27-15-20(14-18-8-4-2-5-9-18)28-16-21(26(31)32)23(29)24(22(28)25(27)30)34-17-19-10-6-3-7-11-19;1-30-9-8-22-11-15(10-14-6-4-3-5-7-14)23-12-16(17(24)13-31(2,28)29)19(25)20(26)18(23)21(22)27/h3-12,17,22H,13-16,18-19H2,1-2H3;2-11,16,20H,12-15,17H2,1H3,(H,31,32);3-7,12,15,26H,8-11,13H2,1-2H3/t22-;20-;15-/m000/s1. The fourth-order valence-corrected chi connectivity index (χ4v) is 13.6. The lowest BCUT2D eigenvalue weighted by molar-refractivity contribution is 0.0580. The summed E-state index contributed by atoms with van der Waals surface area (Å²) in [7, 11) is -2.77. The molecule has 3 aromatic heterocycles. The Labute approximate surface area is 594 Å². The van der Waals surface area contributed by atoms with Crippen molar-refractivity contribution in [1.29, 1.82) is 0 Å². The van der Waals surface area contributed by atoms with Gasteiger partial charge in [0.2, 0.25) is 16.3 Å². The fraction of sp³-hybridized carbons (Fsp3) is 0.320. The van der Waals surface area contributed by atoms with E-state index in [2.05, 4.69) is 0 Å². The van der Waals surface area contributed by atoms with Crippen LogP contribution in [0.5, 0.6) is 17.2 Å². The van der Waals surface area contributed by atoms with Gasteiger partial charge in [-0.25, -0.2) is 21.6 Å². The second-order valence-electron chi connectivity index (χ2n) is 25.0. The third kappa shape index (κ3) is 19.5. The number of ether oxygens (including phenoxy) is 5. The van der Waals surface area contributed by atoms with Gasteiger partial charge in [0.05, 0.1) is 49.1 Å². The molecule has 0 fully saturated rings. The van der Waals surface area contributed by atoms with E-state index in [9.17, 15) is 70.2 Å². The number of rotatable bonds is 28. The Morgan fingerprint density at radius 2 is 0.699 bits per heavy atom. The molecule has 5 aromatic carbocycles. The van der Waals surface area contributed by atoms with Crippen molar-refractivity contribution >= 4 is 54.9 Å². The number of aromatic hydroxyl groups is 1. The van der Waals surface area contributed by atoms with Crippen LogP contribution in [0.25, 0.3) is 0 Å². The first-order valence-corrected chi connectivity index (χ1v) is 36.9. The Hall–Kier alpha value is -10.7. The third-order valence-corrected chi connectivity index (χ3v) is 18.8. The molecule has 6 heterocycles. The van der Waals surface area contributed by atoms with E-state index in [1.807, 2.05) is 152 Å². The summed E-state index contributed by atoms with van der Waals surface area (Å²) in [5, 5.41) is 20.3. The molecule has 3 aliphatic heterocycles. The number of fused-ring (bicyclic) bond motifs is 3. The lowest BCUT2D eigenvalue weighted by atomic mass is 10.00. The van der Waals surface area contributed by atoms with Gasteiger partial charge in [-0.05, 0) is 47.1 Å². The number of aromatic carboxylic acids is 1. The summed E-state index contributed by atoms with van der Waals surface area (Å²) in [5.74, 6) is -7.55. The van der Waals surface area contributed by atoms with Gasteiger partial charge in [-0.2, -0.15) is 0 Å². The number of aromatic nitrogens is 3. The summed E-state index contributed by atoms with van der Waals surface area (Å²) < 4.78 is 78.7. The van der Waals surface area contributed by atoms with Crippen LogP contribution in [0, 0.1) is 0 Å². The number of benzene rings is 5. The second-order valence-corrected chi connectivity index (χ2v) is 29.3. The molecule has 0 radical (unpaired) electrons. The van der Waals surface area contributed by atoms with Gasteiger partial charge in [-0.15, -0.1) is 0 Å². The summed E-state index contributed by atoms with van der Waals surface area (Å²) >= 11 is 0. The van der Waals surface area contributed by atoms with Gasteiger partial charge >= 0.3 is 5.97 Å². The number of carboxylic acid groups (broad SMARTS) is 1. The SMILES string of the molecule is COCCN1C[C@H](Cc2ccccc2)n2cc(C(=O)CS(C)(=O)=O)c(=O)c(O)c2C1=O.COCCN1C[C@H](Cc2ccccc2)n2cc(C(=O)CS(C)(=O)=O)c(=O)c(OCc3ccccc3)c2C1=O.COCCN1C[C@H](Cc2ccccc2)n2cc(C(=O)O)c(=O)c(OCc3ccccc3)c2C1=O. The van der Waals surface area contributed by atoms with Crippen LogP contribution in [0.1, 0.15) is 108 Å². The first kappa shape index (κ1) is 76.5. The van der Waals surface area contributed by atoms with E-state index in [1.165, 1.54) is 35.2 Å². The molecule has 2 N–H and O–H groups in total. The zero-order chi connectivity index (χ0) is 74.1. The van der Waals surface area contributed by atoms with Crippen LogP contribution in [0.4, 0.5) is 0 Å². The van der Waals surface area contributed by atoms with Crippen LogP contribution in [0.3, 0.4) is 0 Å². The molecule has 28 heteroatoms. The second kappa shape index (κ2) is 34.8. The van der Waals surface area contributed by atoms with E-state index < -0.39 is 99.6 Å². The number of carbonyl (C=O) groups excluding carboxylic acids is 5.